The Hall–Kier alpha value is -1.84. The van der Waals surface area contributed by atoms with Crippen molar-refractivity contribution in [2.24, 2.45) is 11.7 Å². The summed E-state index contributed by atoms with van der Waals surface area (Å²) in [5, 5.41) is 9.05. The molecule has 0 aliphatic rings. The highest BCUT2D eigenvalue weighted by Crippen LogP contribution is 2.26. The normalized spacial score (nSPS) is 14.1. The van der Waals surface area contributed by atoms with Crippen LogP contribution in [0.3, 0.4) is 0 Å². The van der Waals surface area contributed by atoms with Gasteiger partial charge in [0.2, 0.25) is 5.91 Å². The van der Waals surface area contributed by atoms with E-state index in [1.165, 1.54) is 0 Å². The molecule has 0 fully saturated rings. The summed E-state index contributed by atoms with van der Waals surface area (Å²) in [7, 11) is 0. The largest absolute Gasteiger partial charge is 0.481 e. The molecule has 1 aromatic rings. The van der Waals surface area contributed by atoms with E-state index in [9.17, 15) is 9.59 Å². The molecule has 4 nitrogen and oxygen atoms in total. The first-order chi connectivity index (χ1) is 7.52. The summed E-state index contributed by atoms with van der Waals surface area (Å²) >= 11 is 0. The topological polar surface area (TPSA) is 80.4 Å². The minimum Gasteiger partial charge on any atom is -0.481 e. The summed E-state index contributed by atoms with van der Waals surface area (Å²) in [6.07, 6.45) is -0.134. The van der Waals surface area contributed by atoms with Crippen molar-refractivity contribution in [3.05, 3.63) is 35.9 Å². The van der Waals surface area contributed by atoms with Crippen LogP contribution in [-0.4, -0.2) is 17.0 Å². The number of carbonyl (C=O) groups excluding carboxylic acids is 1. The summed E-state index contributed by atoms with van der Waals surface area (Å²) in [5.74, 6) is -2.57. The van der Waals surface area contributed by atoms with Gasteiger partial charge in [0.25, 0.3) is 0 Å². The fourth-order valence-corrected chi connectivity index (χ4v) is 1.68. The number of primary amides is 1. The van der Waals surface area contributed by atoms with Gasteiger partial charge in [0.05, 0.1) is 5.92 Å². The van der Waals surface area contributed by atoms with E-state index >= 15 is 0 Å². The van der Waals surface area contributed by atoms with Crippen molar-refractivity contribution in [2.45, 2.75) is 19.3 Å². The van der Waals surface area contributed by atoms with E-state index in [1.54, 1.807) is 6.92 Å². The molecule has 0 aliphatic carbocycles. The van der Waals surface area contributed by atoms with Gasteiger partial charge in [-0.2, -0.15) is 0 Å². The first-order valence-electron chi connectivity index (χ1n) is 5.08. The molecule has 0 saturated heterocycles. The number of benzene rings is 1. The molecule has 1 rings (SSSR count). The van der Waals surface area contributed by atoms with Crippen LogP contribution in [0.1, 0.15) is 24.8 Å². The van der Waals surface area contributed by atoms with Crippen molar-refractivity contribution in [1.82, 2.24) is 0 Å². The van der Waals surface area contributed by atoms with Gasteiger partial charge < -0.3 is 10.8 Å². The Kier molecular flexibility index (Phi) is 4.05. The van der Waals surface area contributed by atoms with Crippen molar-refractivity contribution in [3.8, 4) is 0 Å². The summed E-state index contributed by atoms with van der Waals surface area (Å²) in [6, 6.07) is 9.24. The van der Waals surface area contributed by atoms with E-state index in [-0.39, 0.29) is 12.3 Å². The van der Waals surface area contributed by atoms with Crippen molar-refractivity contribution in [1.29, 1.82) is 0 Å². The fourth-order valence-electron chi connectivity index (χ4n) is 1.68. The predicted octanol–water partition coefficient (Wildman–Crippen LogP) is 1.37. The summed E-state index contributed by atoms with van der Waals surface area (Å²) in [5.41, 5.74) is 5.94. The molecule has 0 spiro atoms. The van der Waals surface area contributed by atoms with Gasteiger partial charge in [0.1, 0.15) is 0 Å². The molecule has 1 unspecified atom stereocenters. The van der Waals surface area contributed by atoms with Gasteiger partial charge in [-0.25, -0.2) is 0 Å². The van der Waals surface area contributed by atoms with Crippen LogP contribution >= 0.6 is 0 Å². The first kappa shape index (κ1) is 12.2. The zero-order valence-corrected chi connectivity index (χ0v) is 9.09. The highest BCUT2D eigenvalue weighted by Gasteiger charge is 2.27. The minimum absolute atomic E-state index is 0.134. The van der Waals surface area contributed by atoms with Crippen molar-refractivity contribution in [3.63, 3.8) is 0 Å². The van der Waals surface area contributed by atoms with Crippen LogP contribution in [0.5, 0.6) is 0 Å². The molecule has 4 heteroatoms. The molecule has 16 heavy (non-hydrogen) atoms. The van der Waals surface area contributed by atoms with Gasteiger partial charge in [-0.3, -0.25) is 9.59 Å². The smallest absolute Gasteiger partial charge is 0.307 e. The molecule has 86 valence electrons. The van der Waals surface area contributed by atoms with Crippen LogP contribution < -0.4 is 5.73 Å². The minimum atomic E-state index is -0.991. The average molecular weight is 221 g/mol. The Morgan fingerprint density at radius 3 is 2.31 bits per heavy atom. The van der Waals surface area contributed by atoms with Gasteiger partial charge in [0, 0.05) is 6.42 Å². The number of rotatable bonds is 5. The predicted molar refractivity (Wildman–Crippen MR) is 59.8 cm³/mol. The molecule has 2 atom stereocenters. The highest BCUT2D eigenvalue weighted by atomic mass is 16.4. The molecule has 3 N–H and O–H groups in total. The lowest BCUT2D eigenvalue weighted by Crippen LogP contribution is -2.26. The molecule has 0 aliphatic heterocycles. The number of carboxylic acid groups (broad SMARTS) is 1. The van der Waals surface area contributed by atoms with Crippen molar-refractivity contribution in [2.75, 3.05) is 0 Å². The van der Waals surface area contributed by atoms with E-state index in [1.807, 2.05) is 30.3 Å². The monoisotopic (exact) mass is 221 g/mol. The highest BCUT2D eigenvalue weighted by molar-refractivity contribution is 5.81. The Labute approximate surface area is 94.1 Å². The molecule has 1 amide bonds. The maximum atomic E-state index is 11.0. The van der Waals surface area contributed by atoms with Crippen LogP contribution in [0.15, 0.2) is 30.3 Å². The molecule has 0 radical (unpaired) electrons. The molecule has 0 bridgehead atoms. The lowest BCUT2D eigenvalue weighted by Gasteiger charge is -2.19. The number of aliphatic carboxylic acids is 1. The number of amides is 1. The van der Waals surface area contributed by atoms with Crippen LogP contribution in [0.2, 0.25) is 0 Å². The molecular weight excluding hydrogens is 206 g/mol. The maximum absolute atomic E-state index is 11.0. The van der Waals surface area contributed by atoms with E-state index in [0.717, 1.165) is 5.56 Å². The van der Waals surface area contributed by atoms with Gasteiger partial charge >= 0.3 is 5.97 Å². The van der Waals surface area contributed by atoms with Gasteiger partial charge in [-0.1, -0.05) is 37.3 Å². The maximum Gasteiger partial charge on any atom is 0.307 e. The van der Waals surface area contributed by atoms with Gasteiger partial charge in [-0.05, 0) is 11.5 Å². The fraction of sp³-hybridized carbons (Fsp3) is 0.333. The van der Waals surface area contributed by atoms with E-state index in [2.05, 4.69) is 0 Å². The second-order valence-electron chi connectivity index (χ2n) is 3.81. The average Bonchev–Trinajstić information content (AvgIpc) is 2.25. The zero-order chi connectivity index (χ0) is 12.1. The lowest BCUT2D eigenvalue weighted by atomic mass is 9.85. The molecular formula is C12H15NO3. The summed E-state index contributed by atoms with van der Waals surface area (Å²) in [4.78, 5) is 21.9. The number of nitrogens with two attached hydrogens (primary N) is 1. The number of carbonyl (C=O) groups is 2. The third kappa shape index (κ3) is 3.08. The van der Waals surface area contributed by atoms with E-state index in [4.69, 9.17) is 10.8 Å². The third-order valence-electron chi connectivity index (χ3n) is 2.67. The first-order valence-corrected chi connectivity index (χ1v) is 5.08. The standard InChI is InChI=1S/C12H15NO3/c1-8(9-5-3-2-4-6-9)10(12(15)16)7-11(13)14/h2-6,8,10H,7H2,1H3,(H2,13,14)(H,15,16)/t8?,10-/m1/s1. The Morgan fingerprint density at radius 1 is 1.31 bits per heavy atom. The van der Waals surface area contributed by atoms with Crippen LogP contribution in [0.4, 0.5) is 0 Å². The number of carboxylic acids is 1. The molecule has 0 aromatic heterocycles. The number of hydrogen-bond acceptors (Lipinski definition) is 2. The Balaban J connectivity index is 2.87. The van der Waals surface area contributed by atoms with Crippen LogP contribution in [0.25, 0.3) is 0 Å². The summed E-state index contributed by atoms with van der Waals surface area (Å²) < 4.78 is 0. The molecule has 0 heterocycles. The second kappa shape index (κ2) is 5.30. The van der Waals surface area contributed by atoms with Gasteiger partial charge in [0.15, 0.2) is 0 Å². The van der Waals surface area contributed by atoms with Crippen LogP contribution in [0, 0.1) is 5.92 Å². The lowest BCUT2D eigenvalue weighted by molar-refractivity contribution is -0.144. The molecule has 0 saturated carbocycles. The Morgan fingerprint density at radius 2 is 1.88 bits per heavy atom. The third-order valence-corrected chi connectivity index (χ3v) is 2.67. The van der Waals surface area contributed by atoms with E-state index in [0.29, 0.717) is 0 Å². The number of hydrogen-bond donors (Lipinski definition) is 2. The van der Waals surface area contributed by atoms with E-state index < -0.39 is 17.8 Å². The quantitative estimate of drug-likeness (QED) is 0.787. The van der Waals surface area contributed by atoms with Crippen LogP contribution in [-0.2, 0) is 9.59 Å². The van der Waals surface area contributed by atoms with Crippen molar-refractivity contribution < 1.29 is 14.7 Å². The SMILES string of the molecule is CC(c1ccccc1)[C@@H](CC(N)=O)C(=O)O. The van der Waals surface area contributed by atoms with Crippen molar-refractivity contribution >= 4 is 11.9 Å². The zero-order valence-electron chi connectivity index (χ0n) is 9.09. The summed E-state index contributed by atoms with van der Waals surface area (Å²) in [6.45, 7) is 1.79. The Bertz CT molecular complexity index is 375. The van der Waals surface area contributed by atoms with Gasteiger partial charge in [-0.15, -0.1) is 0 Å². The molecule has 1 aromatic carbocycles. The second-order valence-corrected chi connectivity index (χ2v) is 3.81.